The predicted octanol–water partition coefficient (Wildman–Crippen LogP) is 3.54. The van der Waals surface area contributed by atoms with E-state index in [1.165, 1.54) is 11.8 Å². The van der Waals surface area contributed by atoms with Gasteiger partial charge in [0.1, 0.15) is 12.4 Å². The van der Waals surface area contributed by atoms with E-state index in [1.807, 2.05) is 59.2 Å². The lowest BCUT2D eigenvalue weighted by Crippen LogP contribution is -2.12. The fourth-order valence-electron chi connectivity index (χ4n) is 2.59. The highest BCUT2D eigenvalue weighted by Crippen LogP contribution is 2.23. The molecule has 3 rings (SSSR count). The van der Waals surface area contributed by atoms with Crippen LogP contribution >= 0.6 is 11.8 Å². The first kappa shape index (κ1) is 19.9. The van der Waals surface area contributed by atoms with E-state index < -0.39 is 0 Å². The maximum absolute atomic E-state index is 12.2. The lowest BCUT2D eigenvalue weighted by molar-refractivity contribution is -0.115. The van der Waals surface area contributed by atoms with Crippen molar-refractivity contribution in [1.82, 2.24) is 14.8 Å². The van der Waals surface area contributed by atoms with Crippen LogP contribution in [0.5, 0.6) is 5.75 Å². The maximum atomic E-state index is 12.2. The van der Waals surface area contributed by atoms with E-state index in [2.05, 4.69) is 15.5 Å². The van der Waals surface area contributed by atoms with Crippen LogP contribution < -0.4 is 10.1 Å². The van der Waals surface area contributed by atoms with Gasteiger partial charge in [0, 0.05) is 30.7 Å². The molecule has 0 saturated heterocycles. The molecule has 1 heterocycles. The number of thioether (sulfide) groups is 1. The molecule has 8 heteroatoms. The molecule has 1 N–H and O–H groups in total. The van der Waals surface area contributed by atoms with Crippen LogP contribution in [0, 0.1) is 0 Å². The predicted molar refractivity (Wildman–Crippen MR) is 109 cm³/mol. The molecule has 7 nitrogen and oxygen atoms in total. The van der Waals surface area contributed by atoms with Crippen molar-refractivity contribution in [3.05, 3.63) is 60.4 Å². The third kappa shape index (κ3) is 5.11. The molecule has 0 bridgehead atoms. The van der Waals surface area contributed by atoms with Crippen molar-refractivity contribution in [2.75, 3.05) is 25.3 Å². The Morgan fingerprint density at radius 1 is 1.07 bits per heavy atom. The Morgan fingerprint density at radius 3 is 2.50 bits per heavy atom. The fraction of sp³-hybridized carbons (Fsp3) is 0.250. The summed E-state index contributed by atoms with van der Waals surface area (Å²) in [6, 6.07) is 17.1. The summed E-state index contributed by atoms with van der Waals surface area (Å²) in [5, 5.41) is 12.1. The Balaban J connectivity index is 1.60. The number of rotatable bonds is 9. The molecule has 28 heavy (non-hydrogen) atoms. The van der Waals surface area contributed by atoms with Crippen LogP contribution in [0.1, 0.15) is 12.2 Å². The summed E-state index contributed by atoms with van der Waals surface area (Å²) in [6.45, 7) is 0.362. The topological polar surface area (TPSA) is 78.3 Å². The molecule has 0 fully saturated rings. The maximum Gasteiger partial charge on any atom is 0.225 e. The highest BCUT2D eigenvalue weighted by Gasteiger charge is 2.14. The second-order valence-corrected chi connectivity index (χ2v) is 6.94. The molecule has 0 aliphatic carbocycles. The molecular formula is C20H22N4O3S. The first-order valence-electron chi connectivity index (χ1n) is 8.76. The van der Waals surface area contributed by atoms with Crippen LogP contribution in [0.25, 0.3) is 5.69 Å². The third-order valence-corrected chi connectivity index (χ3v) is 4.85. The first-order chi connectivity index (χ1) is 13.7. The van der Waals surface area contributed by atoms with Crippen molar-refractivity contribution in [3.8, 4) is 11.4 Å². The Morgan fingerprint density at radius 2 is 1.82 bits per heavy atom. The minimum absolute atomic E-state index is 0.0550. The summed E-state index contributed by atoms with van der Waals surface area (Å²) in [6.07, 6.45) is 0.359. The summed E-state index contributed by atoms with van der Waals surface area (Å²) in [7, 11) is 3.23. The lowest BCUT2D eigenvalue weighted by atomic mass is 10.3. The smallest absolute Gasteiger partial charge is 0.225 e. The quantitative estimate of drug-likeness (QED) is 0.556. The first-order valence-corrected chi connectivity index (χ1v) is 9.75. The van der Waals surface area contributed by atoms with Gasteiger partial charge >= 0.3 is 0 Å². The number of anilines is 1. The number of carbonyl (C=O) groups excluding carboxylic acids is 1. The van der Waals surface area contributed by atoms with Crippen LogP contribution in [0.15, 0.2) is 59.8 Å². The molecule has 3 aromatic rings. The normalized spacial score (nSPS) is 10.6. The zero-order valence-electron chi connectivity index (χ0n) is 15.8. The second kappa shape index (κ2) is 9.91. The number of amides is 1. The van der Waals surface area contributed by atoms with Gasteiger partial charge in [0.15, 0.2) is 11.0 Å². The van der Waals surface area contributed by atoms with Crippen molar-refractivity contribution in [1.29, 1.82) is 0 Å². The van der Waals surface area contributed by atoms with Crippen molar-refractivity contribution in [2.45, 2.75) is 18.2 Å². The molecule has 1 amide bonds. The minimum atomic E-state index is -0.0550. The number of para-hydroxylation sites is 1. The zero-order valence-corrected chi connectivity index (χ0v) is 16.6. The number of carbonyl (C=O) groups is 1. The average molecular weight is 398 g/mol. The van der Waals surface area contributed by atoms with Gasteiger partial charge in [0.25, 0.3) is 0 Å². The van der Waals surface area contributed by atoms with Crippen molar-refractivity contribution >= 4 is 23.4 Å². The van der Waals surface area contributed by atoms with Crippen LogP contribution in [0.2, 0.25) is 0 Å². The molecule has 2 aromatic carbocycles. The average Bonchev–Trinajstić information content (AvgIpc) is 3.12. The van der Waals surface area contributed by atoms with E-state index in [1.54, 1.807) is 14.2 Å². The molecule has 0 saturated carbocycles. The molecule has 0 atom stereocenters. The van der Waals surface area contributed by atoms with Gasteiger partial charge in [-0.2, -0.15) is 0 Å². The van der Waals surface area contributed by atoms with Crippen LogP contribution in [-0.2, 0) is 16.1 Å². The molecule has 0 spiro atoms. The number of aromatic nitrogens is 3. The van der Waals surface area contributed by atoms with Gasteiger partial charge in [-0.15, -0.1) is 10.2 Å². The molecule has 0 aliphatic rings. The van der Waals surface area contributed by atoms with Crippen molar-refractivity contribution in [3.63, 3.8) is 0 Å². The number of benzene rings is 2. The standard InChI is InChI=1S/C20H22N4O3S/c1-26-14-18-22-23-20(24(18)16-6-4-3-5-7-16)28-13-12-19(25)21-15-8-10-17(27-2)11-9-15/h3-11H,12-14H2,1-2H3,(H,21,25). The van der Waals surface area contributed by atoms with Crippen molar-refractivity contribution in [2.24, 2.45) is 0 Å². The number of nitrogens with zero attached hydrogens (tertiary/aromatic N) is 3. The largest absolute Gasteiger partial charge is 0.497 e. The zero-order chi connectivity index (χ0) is 19.8. The van der Waals surface area contributed by atoms with Crippen LogP contribution in [-0.4, -0.2) is 40.6 Å². The molecule has 0 radical (unpaired) electrons. The summed E-state index contributed by atoms with van der Waals surface area (Å²) in [5.41, 5.74) is 1.70. The van der Waals surface area contributed by atoms with Crippen LogP contribution in [0.3, 0.4) is 0 Å². The van der Waals surface area contributed by atoms with Gasteiger partial charge in [-0.1, -0.05) is 30.0 Å². The van der Waals surface area contributed by atoms with Gasteiger partial charge in [-0.25, -0.2) is 0 Å². The molecule has 0 unspecified atom stereocenters. The fourth-order valence-corrected chi connectivity index (χ4v) is 3.49. The summed E-state index contributed by atoms with van der Waals surface area (Å²) >= 11 is 1.49. The molecule has 1 aromatic heterocycles. The number of nitrogens with one attached hydrogen (secondary N) is 1. The molecular weight excluding hydrogens is 376 g/mol. The van der Waals surface area contributed by atoms with Gasteiger partial charge in [0.05, 0.1) is 7.11 Å². The van der Waals surface area contributed by atoms with Gasteiger partial charge in [-0.3, -0.25) is 9.36 Å². The number of methoxy groups -OCH3 is 2. The third-order valence-electron chi connectivity index (χ3n) is 3.92. The summed E-state index contributed by atoms with van der Waals surface area (Å²) in [4.78, 5) is 12.2. The Labute approximate surface area is 168 Å². The minimum Gasteiger partial charge on any atom is -0.497 e. The van der Waals surface area contributed by atoms with Crippen molar-refractivity contribution < 1.29 is 14.3 Å². The van der Waals surface area contributed by atoms with Gasteiger partial charge in [0.2, 0.25) is 5.91 Å². The van der Waals surface area contributed by atoms with E-state index >= 15 is 0 Å². The van der Waals surface area contributed by atoms with E-state index in [0.29, 0.717) is 18.8 Å². The van der Waals surface area contributed by atoms with Gasteiger partial charge in [-0.05, 0) is 36.4 Å². The van der Waals surface area contributed by atoms with Crippen LogP contribution in [0.4, 0.5) is 5.69 Å². The Hall–Kier alpha value is -2.84. The monoisotopic (exact) mass is 398 g/mol. The summed E-state index contributed by atoms with van der Waals surface area (Å²) in [5.74, 6) is 2.00. The van der Waals surface area contributed by atoms with Gasteiger partial charge < -0.3 is 14.8 Å². The van der Waals surface area contributed by atoms with E-state index in [4.69, 9.17) is 9.47 Å². The highest BCUT2D eigenvalue weighted by molar-refractivity contribution is 7.99. The number of hydrogen-bond acceptors (Lipinski definition) is 6. The summed E-state index contributed by atoms with van der Waals surface area (Å²) < 4.78 is 12.3. The lowest BCUT2D eigenvalue weighted by Gasteiger charge is -2.10. The van der Waals surface area contributed by atoms with E-state index in [9.17, 15) is 4.79 Å². The second-order valence-electron chi connectivity index (χ2n) is 5.88. The SMILES string of the molecule is COCc1nnc(SCCC(=O)Nc2ccc(OC)cc2)n1-c1ccccc1. The molecule has 0 aliphatic heterocycles. The Kier molecular flexibility index (Phi) is 7.05. The number of hydrogen-bond donors (Lipinski definition) is 1. The number of ether oxygens (including phenoxy) is 2. The Bertz CT molecular complexity index is 898. The van der Waals surface area contributed by atoms with E-state index in [0.717, 1.165) is 28.1 Å². The molecule has 146 valence electrons. The highest BCUT2D eigenvalue weighted by atomic mass is 32.2. The van der Waals surface area contributed by atoms with E-state index in [-0.39, 0.29) is 5.91 Å².